The summed E-state index contributed by atoms with van der Waals surface area (Å²) < 4.78 is 5.22. The fraction of sp³-hybridized carbons (Fsp3) is 0.280. The number of pyridine rings is 1. The Bertz CT molecular complexity index is 1090. The van der Waals surface area contributed by atoms with Crippen LogP contribution in [0.4, 0.5) is 0 Å². The Balaban J connectivity index is 1.25. The predicted molar refractivity (Wildman–Crippen MR) is 131 cm³/mol. The normalized spacial score (nSPS) is 11.2. The molecule has 2 aromatic heterocycles. The Hall–Kier alpha value is -2.44. The number of nitrogens with zero attached hydrogens (tertiary/aromatic N) is 2. The number of imidazole rings is 1. The third-order valence-electron chi connectivity index (χ3n) is 5.25. The minimum Gasteiger partial charge on any atom is -0.497 e. The minimum absolute atomic E-state index is 0.817. The standard InChI is InChI=1S/C25H27N3OS2/c1-18-23(17-31-25-27-21-8-3-4-9-22(21)28-25)26-15-14-24(18)30-16-6-5-7-19-10-12-20(29-2)13-11-19/h3-4,8-15H,5-7,16-17H2,1-2H3,(H,27,28). The van der Waals surface area contributed by atoms with Crippen molar-refractivity contribution in [3.63, 3.8) is 0 Å². The van der Waals surface area contributed by atoms with Crippen molar-refractivity contribution in [2.24, 2.45) is 0 Å². The summed E-state index contributed by atoms with van der Waals surface area (Å²) in [7, 11) is 1.70. The van der Waals surface area contributed by atoms with Crippen LogP contribution in [-0.4, -0.2) is 27.8 Å². The molecule has 2 aromatic carbocycles. The number of nitrogens with one attached hydrogen (secondary N) is 1. The van der Waals surface area contributed by atoms with E-state index in [9.17, 15) is 0 Å². The van der Waals surface area contributed by atoms with E-state index >= 15 is 0 Å². The number of para-hydroxylation sites is 2. The topological polar surface area (TPSA) is 50.8 Å². The molecule has 4 nitrogen and oxygen atoms in total. The Morgan fingerprint density at radius 1 is 0.968 bits per heavy atom. The summed E-state index contributed by atoms with van der Waals surface area (Å²) in [6, 6.07) is 18.7. The molecule has 0 saturated carbocycles. The van der Waals surface area contributed by atoms with Crippen molar-refractivity contribution < 1.29 is 4.74 Å². The van der Waals surface area contributed by atoms with Gasteiger partial charge in [0.05, 0.1) is 23.8 Å². The first-order valence-corrected chi connectivity index (χ1v) is 12.5. The molecule has 0 saturated heterocycles. The van der Waals surface area contributed by atoms with Crippen LogP contribution in [0.5, 0.6) is 5.75 Å². The van der Waals surface area contributed by atoms with E-state index in [-0.39, 0.29) is 0 Å². The molecule has 0 spiro atoms. The quantitative estimate of drug-likeness (QED) is 0.216. The largest absolute Gasteiger partial charge is 0.497 e. The van der Waals surface area contributed by atoms with E-state index in [2.05, 4.69) is 46.1 Å². The van der Waals surface area contributed by atoms with E-state index in [1.165, 1.54) is 28.9 Å². The lowest BCUT2D eigenvalue weighted by Gasteiger charge is -2.10. The number of hydrogen-bond acceptors (Lipinski definition) is 5. The summed E-state index contributed by atoms with van der Waals surface area (Å²) in [4.78, 5) is 14.0. The number of aromatic amines is 1. The molecule has 0 bridgehead atoms. The van der Waals surface area contributed by atoms with E-state index in [1.807, 2.05) is 48.3 Å². The number of aromatic nitrogens is 3. The first-order valence-electron chi connectivity index (χ1n) is 10.5. The molecule has 0 amide bonds. The zero-order chi connectivity index (χ0) is 21.5. The van der Waals surface area contributed by atoms with Gasteiger partial charge >= 0.3 is 0 Å². The highest BCUT2D eigenvalue weighted by Crippen LogP contribution is 2.29. The second-order valence-electron chi connectivity index (χ2n) is 7.38. The Labute approximate surface area is 192 Å². The second kappa shape index (κ2) is 10.7. The third-order valence-corrected chi connectivity index (χ3v) is 7.38. The number of fused-ring (bicyclic) bond motifs is 1. The van der Waals surface area contributed by atoms with E-state index in [0.29, 0.717) is 0 Å². The van der Waals surface area contributed by atoms with Crippen molar-refractivity contribution in [2.75, 3.05) is 12.9 Å². The van der Waals surface area contributed by atoms with Crippen LogP contribution in [-0.2, 0) is 12.2 Å². The monoisotopic (exact) mass is 449 g/mol. The third kappa shape index (κ3) is 5.83. The Morgan fingerprint density at radius 3 is 2.61 bits per heavy atom. The van der Waals surface area contributed by atoms with Gasteiger partial charge in [0.2, 0.25) is 0 Å². The Kier molecular flexibility index (Phi) is 7.54. The molecule has 0 radical (unpaired) electrons. The van der Waals surface area contributed by atoms with Gasteiger partial charge in [-0.1, -0.05) is 36.0 Å². The molecule has 0 unspecified atom stereocenters. The summed E-state index contributed by atoms with van der Waals surface area (Å²) in [5.41, 5.74) is 5.87. The molecule has 1 N–H and O–H groups in total. The second-order valence-corrected chi connectivity index (χ2v) is 9.48. The van der Waals surface area contributed by atoms with Gasteiger partial charge in [0.1, 0.15) is 5.75 Å². The van der Waals surface area contributed by atoms with Crippen molar-refractivity contribution in [2.45, 2.75) is 42.0 Å². The number of unbranched alkanes of at least 4 members (excludes halogenated alkanes) is 1. The van der Waals surface area contributed by atoms with Crippen LogP contribution in [0.1, 0.15) is 29.7 Å². The molecule has 0 atom stereocenters. The lowest BCUT2D eigenvalue weighted by Crippen LogP contribution is -1.95. The van der Waals surface area contributed by atoms with Gasteiger partial charge in [-0.05, 0) is 73.4 Å². The van der Waals surface area contributed by atoms with E-state index < -0.39 is 0 Å². The summed E-state index contributed by atoms with van der Waals surface area (Å²) >= 11 is 3.64. The lowest BCUT2D eigenvalue weighted by atomic mass is 10.1. The molecule has 6 heteroatoms. The van der Waals surface area contributed by atoms with Crippen molar-refractivity contribution in [3.8, 4) is 5.75 Å². The average Bonchev–Trinajstić information content (AvgIpc) is 3.22. The van der Waals surface area contributed by atoms with Crippen molar-refractivity contribution in [3.05, 3.63) is 77.6 Å². The van der Waals surface area contributed by atoms with Gasteiger partial charge < -0.3 is 9.72 Å². The first kappa shape index (κ1) is 21.8. The van der Waals surface area contributed by atoms with Gasteiger partial charge in [-0.15, -0.1) is 11.8 Å². The van der Waals surface area contributed by atoms with Crippen LogP contribution < -0.4 is 4.74 Å². The number of benzene rings is 2. The highest BCUT2D eigenvalue weighted by Gasteiger charge is 2.09. The van der Waals surface area contributed by atoms with Crippen molar-refractivity contribution >= 4 is 34.6 Å². The van der Waals surface area contributed by atoms with Crippen LogP contribution in [0.25, 0.3) is 11.0 Å². The van der Waals surface area contributed by atoms with Crippen molar-refractivity contribution in [1.29, 1.82) is 0 Å². The van der Waals surface area contributed by atoms with Gasteiger partial charge in [0, 0.05) is 16.8 Å². The highest BCUT2D eigenvalue weighted by atomic mass is 32.2. The number of rotatable bonds is 10. The predicted octanol–water partition coefficient (Wildman–Crippen LogP) is 6.68. The van der Waals surface area contributed by atoms with Crippen LogP contribution in [0.15, 0.2) is 70.8 Å². The number of ether oxygens (including phenoxy) is 1. The lowest BCUT2D eigenvalue weighted by molar-refractivity contribution is 0.414. The number of aryl methyl sites for hydroxylation is 1. The van der Waals surface area contributed by atoms with Gasteiger partial charge in [-0.3, -0.25) is 4.98 Å². The maximum Gasteiger partial charge on any atom is 0.166 e. The summed E-state index contributed by atoms with van der Waals surface area (Å²) in [6.45, 7) is 2.18. The van der Waals surface area contributed by atoms with Gasteiger partial charge in [-0.25, -0.2) is 4.98 Å². The van der Waals surface area contributed by atoms with Gasteiger partial charge in [0.15, 0.2) is 5.16 Å². The highest BCUT2D eigenvalue weighted by molar-refractivity contribution is 7.99. The van der Waals surface area contributed by atoms with Crippen LogP contribution >= 0.6 is 23.5 Å². The first-order chi connectivity index (χ1) is 15.2. The molecular formula is C25H27N3OS2. The maximum absolute atomic E-state index is 5.22. The molecular weight excluding hydrogens is 422 g/mol. The fourth-order valence-electron chi connectivity index (χ4n) is 3.40. The van der Waals surface area contributed by atoms with E-state index in [4.69, 9.17) is 4.74 Å². The summed E-state index contributed by atoms with van der Waals surface area (Å²) in [5.74, 6) is 2.86. The van der Waals surface area contributed by atoms with Crippen LogP contribution in [0.3, 0.4) is 0 Å². The minimum atomic E-state index is 0.817. The number of thioether (sulfide) groups is 2. The number of methoxy groups -OCH3 is 1. The van der Waals surface area contributed by atoms with Crippen molar-refractivity contribution in [1.82, 2.24) is 15.0 Å². The molecule has 2 heterocycles. The van der Waals surface area contributed by atoms with E-state index in [0.717, 1.165) is 45.6 Å². The zero-order valence-corrected chi connectivity index (χ0v) is 19.6. The molecule has 0 aliphatic heterocycles. The number of hydrogen-bond donors (Lipinski definition) is 1. The molecule has 0 aliphatic rings. The van der Waals surface area contributed by atoms with Crippen LogP contribution in [0, 0.1) is 6.92 Å². The maximum atomic E-state index is 5.22. The number of H-pyrrole nitrogens is 1. The molecule has 0 aliphatic carbocycles. The fourth-order valence-corrected chi connectivity index (χ4v) is 5.37. The summed E-state index contributed by atoms with van der Waals surface area (Å²) in [5, 5.41) is 0.944. The smallest absolute Gasteiger partial charge is 0.166 e. The summed E-state index contributed by atoms with van der Waals surface area (Å²) in [6.07, 6.45) is 5.43. The zero-order valence-electron chi connectivity index (χ0n) is 17.9. The van der Waals surface area contributed by atoms with E-state index in [1.54, 1.807) is 18.9 Å². The van der Waals surface area contributed by atoms with Gasteiger partial charge in [0.25, 0.3) is 0 Å². The molecule has 160 valence electrons. The average molecular weight is 450 g/mol. The van der Waals surface area contributed by atoms with Crippen LogP contribution in [0.2, 0.25) is 0 Å². The molecule has 4 rings (SSSR count). The Morgan fingerprint density at radius 2 is 1.81 bits per heavy atom. The van der Waals surface area contributed by atoms with Gasteiger partial charge in [-0.2, -0.15) is 0 Å². The molecule has 31 heavy (non-hydrogen) atoms. The molecule has 4 aromatic rings. The SMILES string of the molecule is COc1ccc(CCCCSc2ccnc(CSc3nc4ccccc4[nH]3)c2C)cc1. The molecule has 0 fully saturated rings.